The molecule has 2 unspecified atom stereocenters. The molecule has 0 aliphatic carbocycles. The molecule has 2 aliphatic rings. The quantitative estimate of drug-likeness (QED) is 0.849. The zero-order chi connectivity index (χ0) is 13.9. The number of piperidine rings is 1. The second-order valence-corrected chi connectivity index (χ2v) is 5.34. The number of amides is 2. The summed E-state index contributed by atoms with van der Waals surface area (Å²) >= 11 is 0. The lowest BCUT2D eigenvalue weighted by Gasteiger charge is -2.22. The van der Waals surface area contributed by atoms with Gasteiger partial charge in [-0.1, -0.05) is 18.2 Å². The van der Waals surface area contributed by atoms with Crippen LogP contribution in [0.4, 0.5) is 0 Å². The summed E-state index contributed by atoms with van der Waals surface area (Å²) in [5.74, 6) is 0.835. The van der Waals surface area contributed by atoms with Gasteiger partial charge in [-0.05, 0) is 18.1 Å². The Morgan fingerprint density at radius 1 is 1.40 bits per heavy atom. The third-order valence-corrected chi connectivity index (χ3v) is 3.85. The van der Waals surface area contributed by atoms with Gasteiger partial charge in [0.2, 0.25) is 11.8 Å². The molecule has 0 aromatic heterocycles. The number of benzene rings is 1. The number of hydrogen-bond acceptors (Lipinski definition) is 3. The molecular weight excluding hydrogens is 256 g/mol. The first-order valence-corrected chi connectivity index (χ1v) is 7.01. The average Bonchev–Trinajstić information content (AvgIpc) is 2.88. The van der Waals surface area contributed by atoms with Crippen LogP contribution in [0.25, 0.3) is 0 Å². The van der Waals surface area contributed by atoms with Gasteiger partial charge in [0.1, 0.15) is 11.9 Å². The molecule has 5 nitrogen and oxygen atoms in total. The fourth-order valence-corrected chi connectivity index (χ4v) is 2.68. The van der Waals surface area contributed by atoms with E-state index in [-0.39, 0.29) is 23.8 Å². The van der Waals surface area contributed by atoms with E-state index in [9.17, 15) is 9.59 Å². The minimum Gasteiger partial charge on any atom is -0.488 e. The first-order chi connectivity index (χ1) is 9.72. The van der Waals surface area contributed by atoms with Crippen LogP contribution in [-0.2, 0) is 16.0 Å². The third-order valence-electron chi connectivity index (χ3n) is 3.85. The largest absolute Gasteiger partial charge is 0.488 e. The fraction of sp³-hybridized carbons (Fsp3) is 0.467. The van der Waals surface area contributed by atoms with Crippen LogP contribution >= 0.6 is 0 Å². The van der Waals surface area contributed by atoms with Gasteiger partial charge in [-0.2, -0.15) is 0 Å². The van der Waals surface area contributed by atoms with Gasteiger partial charge in [-0.15, -0.1) is 0 Å². The maximum absolute atomic E-state index is 12.0. The smallest absolute Gasteiger partial charge is 0.225 e. The normalized spacial score (nSPS) is 24.5. The fourth-order valence-electron chi connectivity index (χ4n) is 2.68. The summed E-state index contributed by atoms with van der Waals surface area (Å²) in [6.45, 7) is 0.953. The van der Waals surface area contributed by atoms with E-state index in [0.717, 1.165) is 12.2 Å². The molecule has 2 aliphatic heterocycles. The van der Waals surface area contributed by atoms with E-state index in [1.807, 2.05) is 24.3 Å². The number of ether oxygens (including phenoxy) is 1. The van der Waals surface area contributed by atoms with E-state index >= 15 is 0 Å². The zero-order valence-electron chi connectivity index (χ0n) is 11.2. The highest BCUT2D eigenvalue weighted by Gasteiger charge is 2.27. The molecular formula is C15H18N2O3. The lowest BCUT2D eigenvalue weighted by atomic mass is 9.98. The first-order valence-electron chi connectivity index (χ1n) is 7.01. The molecule has 0 bridgehead atoms. The van der Waals surface area contributed by atoms with Gasteiger partial charge in [0.25, 0.3) is 0 Å². The number of fused-ring (bicyclic) bond motifs is 1. The Bertz CT molecular complexity index is 495. The van der Waals surface area contributed by atoms with E-state index in [0.29, 0.717) is 25.9 Å². The minimum absolute atomic E-state index is 0.00422. The highest BCUT2D eigenvalue weighted by molar-refractivity contribution is 5.83. The Morgan fingerprint density at radius 3 is 3.00 bits per heavy atom. The molecule has 1 fully saturated rings. The van der Waals surface area contributed by atoms with Crippen LogP contribution in [0, 0.1) is 5.92 Å². The summed E-state index contributed by atoms with van der Waals surface area (Å²) in [7, 11) is 0. The van der Waals surface area contributed by atoms with Crippen LogP contribution in [0.3, 0.4) is 0 Å². The monoisotopic (exact) mass is 274 g/mol. The van der Waals surface area contributed by atoms with Crippen molar-refractivity contribution in [1.29, 1.82) is 0 Å². The van der Waals surface area contributed by atoms with Crippen molar-refractivity contribution in [2.24, 2.45) is 5.92 Å². The van der Waals surface area contributed by atoms with E-state index in [2.05, 4.69) is 10.6 Å². The number of hydrogen-bond donors (Lipinski definition) is 2. The second-order valence-electron chi connectivity index (χ2n) is 5.34. The van der Waals surface area contributed by atoms with Crippen molar-refractivity contribution in [3.63, 3.8) is 0 Å². The van der Waals surface area contributed by atoms with Gasteiger partial charge < -0.3 is 15.4 Å². The molecule has 2 amide bonds. The van der Waals surface area contributed by atoms with E-state index in [1.165, 1.54) is 5.56 Å². The lowest BCUT2D eigenvalue weighted by molar-refractivity contribution is -0.129. The molecule has 2 atom stereocenters. The molecule has 2 heterocycles. The highest BCUT2D eigenvalue weighted by atomic mass is 16.5. The molecule has 1 saturated heterocycles. The predicted molar refractivity (Wildman–Crippen MR) is 73.3 cm³/mol. The van der Waals surface area contributed by atoms with Crippen molar-refractivity contribution < 1.29 is 14.3 Å². The van der Waals surface area contributed by atoms with Crippen LogP contribution in [0.2, 0.25) is 0 Å². The van der Waals surface area contributed by atoms with Gasteiger partial charge in [-0.25, -0.2) is 0 Å². The first kappa shape index (κ1) is 13.0. The number of rotatable bonds is 3. The molecule has 0 spiro atoms. The van der Waals surface area contributed by atoms with Gasteiger partial charge in [0, 0.05) is 19.4 Å². The van der Waals surface area contributed by atoms with Crippen molar-refractivity contribution in [3.8, 4) is 5.75 Å². The minimum atomic E-state index is -0.114. The Balaban J connectivity index is 1.47. The molecule has 20 heavy (non-hydrogen) atoms. The summed E-state index contributed by atoms with van der Waals surface area (Å²) in [6, 6.07) is 7.94. The topological polar surface area (TPSA) is 67.4 Å². The van der Waals surface area contributed by atoms with Crippen molar-refractivity contribution in [2.45, 2.75) is 25.4 Å². The molecule has 5 heteroatoms. The summed E-state index contributed by atoms with van der Waals surface area (Å²) in [4.78, 5) is 23.1. The average molecular weight is 274 g/mol. The lowest BCUT2D eigenvalue weighted by Crippen LogP contribution is -2.45. The summed E-state index contributed by atoms with van der Waals surface area (Å²) in [6.07, 6.45) is 1.90. The molecule has 3 rings (SSSR count). The second kappa shape index (κ2) is 5.53. The van der Waals surface area contributed by atoms with Gasteiger partial charge in [-0.3, -0.25) is 9.59 Å². The maximum atomic E-state index is 12.0. The Labute approximate surface area is 117 Å². The number of carbonyl (C=O) groups is 2. The molecule has 2 N–H and O–H groups in total. The van der Waals surface area contributed by atoms with Crippen molar-refractivity contribution in [1.82, 2.24) is 10.6 Å². The molecule has 0 saturated carbocycles. The van der Waals surface area contributed by atoms with Crippen LogP contribution in [-0.4, -0.2) is 31.0 Å². The number of para-hydroxylation sites is 1. The van der Waals surface area contributed by atoms with E-state index < -0.39 is 0 Å². The van der Waals surface area contributed by atoms with E-state index in [4.69, 9.17) is 4.74 Å². The van der Waals surface area contributed by atoms with E-state index in [1.54, 1.807) is 0 Å². The maximum Gasteiger partial charge on any atom is 0.225 e. The Hall–Kier alpha value is -2.04. The molecule has 0 radical (unpaired) electrons. The van der Waals surface area contributed by atoms with Gasteiger partial charge >= 0.3 is 0 Å². The number of nitrogens with one attached hydrogen (secondary N) is 2. The van der Waals surface area contributed by atoms with Gasteiger partial charge in [0.05, 0.1) is 12.5 Å². The van der Waals surface area contributed by atoms with Crippen LogP contribution in [0.5, 0.6) is 5.75 Å². The summed E-state index contributed by atoms with van der Waals surface area (Å²) in [5.41, 5.74) is 1.19. The molecule has 1 aromatic rings. The summed E-state index contributed by atoms with van der Waals surface area (Å²) < 4.78 is 5.78. The van der Waals surface area contributed by atoms with Crippen LogP contribution in [0.1, 0.15) is 18.4 Å². The Morgan fingerprint density at radius 2 is 2.25 bits per heavy atom. The van der Waals surface area contributed by atoms with Crippen molar-refractivity contribution >= 4 is 11.8 Å². The predicted octanol–water partition coefficient (Wildman–Crippen LogP) is 0.632. The SMILES string of the molecule is O=C1CCC(C(=O)NCC2Cc3ccccc3O2)CN1. The molecule has 1 aromatic carbocycles. The zero-order valence-corrected chi connectivity index (χ0v) is 11.2. The third kappa shape index (κ3) is 2.76. The molecule has 106 valence electrons. The Kier molecular flexibility index (Phi) is 3.58. The van der Waals surface area contributed by atoms with Crippen LogP contribution < -0.4 is 15.4 Å². The number of carbonyl (C=O) groups excluding carboxylic acids is 2. The van der Waals surface area contributed by atoms with Gasteiger partial charge in [0.15, 0.2) is 0 Å². The summed E-state index contributed by atoms with van der Waals surface area (Å²) in [5, 5.41) is 5.65. The highest BCUT2D eigenvalue weighted by Crippen LogP contribution is 2.27. The van der Waals surface area contributed by atoms with Crippen molar-refractivity contribution in [3.05, 3.63) is 29.8 Å². The standard InChI is InChI=1S/C15H18N2O3/c18-14-6-5-11(8-16-14)15(19)17-9-12-7-10-3-1-2-4-13(10)20-12/h1-4,11-12H,5-9H2,(H,16,18)(H,17,19). The van der Waals surface area contributed by atoms with Crippen molar-refractivity contribution in [2.75, 3.05) is 13.1 Å². The van der Waals surface area contributed by atoms with Crippen LogP contribution in [0.15, 0.2) is 24.3 Å².